The van der Waals surface area contributed by atoms with Gasteiger partial charge in [-0.2, -0.15) is 0 Å². The molecule has 0 unspecified atom stereocenters. The standard InChI is InChI=1S/C60H42N2/c1-5-17-43(18-6-1)44-29-33-49(34-30-44)61(50-35-31-48(32-36-50)54-26-14-13-25-53(54)45-19-7-2-8-20-45)52-38-40-57-56-27-15-16-28-59(56)62(60(57)42-52)51-37-39-55(46-21-9-3-10-22-46)58(41-51)47-23-11-4-12-24-47/h1-42H. The summed E-state index contributed by atoms with van der Waals surface area (Å²) in [7, 11) is 0. The zero-order chi connectivity index (χ0) is 41.2. The normalized spacial score (nSPS) is 11.2. The van der Waals surface area contributed by atoms with Crippen molar-refractivity contribution >= 4 is 38.9 Å². The molecule has 292 valence electrons. The van der Waals surface area contributed by atoms with Crippen LogP contribution in [-0.2, 0) is 0 Å². The van der Waals surface area contributed by atoms with Crippen LogP contribution in [0.4, 0.5) is 17.1 Å². The number of para-hydroxylation sites is 1. The summed E-state index contributed by atoms with van der Waals surface area (Å²) < 4.78 is 2.44. The number of rotatable bonds is 9. The molecule has 0 saturated heterocycles. The molecule has 0 aliphatic rings. The van der Waals surface area contributed by atoms with Gasteiger partial charge in [0.05, 0.1) is 11.0 Å². The van der Waals surface area contributed by atoms with Crippen molar-refractivity contribution in [2.75, 3.05) is 4.90 Å². The van der Waals surface area contributed by atoms with Crippen LogP contribution in [0.2, 0.25) is 0 Å². The molecule has 0 spiro atoms. The second-order valence-electron chi connectivity index (χ2n) is 15.7. The molecule has 10 aromatic carbocycles. The van der Waals surface area contributed by atoms with Gasteiger partial charge in [0.15, 0.2) is 0 Å². The van der Waals surface area contributed by atoms with Gasteiger partial charge >= 0.3 is 0 Å². The van der Waals surface area contributed by atoms with E-state index in [4.69, 9.17) is 0 Å². The van der Waals surface area contributed by atoms with E-state index in [2.05, 4.69) is 264 Å². The number of hydrogen-bond donors (Lipinski definition) is 0. The average molecular weight is 791 g/mol. The van der Waals surface area contributed by atoms with E-state index in [1.54, 1.807) is 0 Å². The zero-order valence-corrected chi connectivity index (χ0v) is 34.1. The average Bonchev–Trinajstić information content (AvgIpc) is 3.69. The zero-order valence-electron chi connectivity index (χ0n) is 34.1. The number of benzene rings is 10. The van der Waals surface area contributed by atoms with Crippen LogP contribution in [-0.4, -0.2) is 4.57 Å². The molecule has 0 N–H and O–H groups in total. The van der Waals surface area contributed by atoms with E-state index in [0.29, 0.717) is 0 Å². The topological polar surface area (TPSA) is 8.17 Å². The SMILES string of the molecule is c1ccc(-c2ccc(N(c3ccc(-c4ccccc4-c4ccccc4)cc3)c3ccc4c5ccccc5n(-c5ccc(-c6ccccc6)c(-c6ccccc6)c5)c4c3)cc2)cc1. The Balaban J connectivity index is 1.08. The van der Waals surface area contributed by atoms with Crippen LogP contribution < -0.4 is 4.90 Å². The first-order valence-electron chi connectivity index (χ1n) is 21.3. The first-order valence-corrected chi connectivity index (χ1v) is 21.3. The Labute approximate surface area is 362 Å². The van der Waals surface area contributed by atoms with Crippen molar-refractivity contribution in [3.05, 3.63) is 255 Å². The van der Waals surface area contributed by atoms with Gasteiger partial charge in [0, 0.05) is 33.5 Å². The summed E-state index contributed by atoms with van der Waals surface area (Å²) in [5, 5.41) is 2.44. The van der Waals surface area contributed by atoms with E-state index in [1.807, 2.05) is 0 Å². The lowest BCUT2D eigenvalue weighted by atomic mass is 9.94. The molecule has 2 nitrogen and oxygen atoms in total. The summed E-state index contributed by atoms with van der Waals surface area (Å²) in [5.41, 5.74) is 18.7. The summed E-state index contributed by atoms with van der Waals surface area (Å²) >= 11 is 0. The number of anilines is 3. The third-order valence-corrected chi connectivity index (χ3v) is 12.0. The molecule has 0 radical (unpaired) electrons. The molecule has 0 atom stereocenters. The lowest BCUT2D eigenvalue weighted by molar-refractivity contribution is 1.18. The van der Waals surface area contributed by atoms with Crippen molar-refractivity contribution < 1.29 is 0 Å². The fourth-order valence-electron chi connectivity index (χ4n) is 9.05. The maximum Gasteiger partial charge on any atom is 0.0561 e. The van der Waals surface area contributed by atoms with Crippen molar-refractivity contribution in [2.24, 2.45) is 0 Å². The molecule has 11 aromatic rings. The molecule has 1 aromatic heterocycles. The minimum absolute atomic E-state index is 1.08. The predicted octanol–water partition coefficient (Wildman–Crippen LogP) is 16.6. The molecular weight excluding hydrogens is 749 g/mol. The second-order valence-corrected chi connectivity index (χ2v) is 15.7. The van der Waals surface area contributed by atoms with Crippen molar-refractivity contribution in [1.29, 1.82) is 0 Å². The van der Waals surface area contributed by atoms with E-state index >= 15 is 0 Å². The maximum atomic E-state index is 2.44. The maximum absolute atomic E-state index is 2.44. The fraction of sp³-hybridized carbons (Fsp3) is 0. The van der Waals surface area contributed by atoms with Crippen molar-refractivity contribution in [2.45, 2.75) is 0 Å². The lowest BCUT2D eigenvalue weighted by Gasteiger charge is -2.26. The van der Waals surface area contributed by atoms with Gasteiger partial charge in [0.25, 0.3) is 0 Å². The Hall–Kier alpha value is -8.20. The Morgan fingerprint density at radius 1 is 0.242 bits per heavy atom. The van der Waals surface area contributed by atoms with Crippen molar-refractivity contribution in [3.63, 3.8) is 0 Å². The largest absolute Gasteiger partial charge is 0.310 e. The Morgan fingerprint density at radius 3 is 1.23 bits per heavy atom. The van der Waals surface area contributed by atoms with E-state index in [9.17, 15) is 0 Å². The lowest BCUT2D eigenvalue weighted by Crippen LogP contribution is -2.10. The number of fused-ring (bicyclic) bond motifs is 3. The van der Waals surface area contributed by atoms with Crippen LogP contribution in [0.15, 0.2) is 255 Å². The van der Waals surface area contributed by atoms with Gasteiger partial charge in [-0.1, -0.05) is 200 Å². The second kappa shape index (κ2) is 16.1. The molecule has 0 bridgehead atoms. The van der Waals surface area contributed by atoms with Crippen LogP contribution in [0.3, 0.4) is 0 Å². The molecule has 0 saturated carbocycles. The van der Waals surface area contributed by atoms with Crippen LogP contribution in [0, 0.1) is 0 Å². The van der Waals surface area contributed by atoms with E-state index in [0.717, 1.165) is 28.3 Å². The quantitative estimate of drug-likeness (QED) is 0.141. The Kier molecular flexibility index (Phi) is 9.57. The van der Waals surface area contributed by atoms with Crippen LogP contribution in [0.25, 0.3) is 83.1 Å². The van der Waals surface area contributed by atoms with Gasteiger partial charge in [0.2, 0.25) is 0 Å². The summed E-state index contributed by atoms with van der Waals surface area (Å²) in [6.07, 6.45) is 0. The summed E-state index contributed by atoms with van der Waals surface area (Å²) in [6.45, 7) is 0. The minimum atomic E-state index is 1.08. The number of aromatic nitrogens is 1. The first-order chi connectivity index (χ1) is 30.8. The van der Waals surface area contributed by atoms with Crippen LogP contribution >= 0.6 is 0 Å². The van der Waals surface area contributed by atoms with Gasteiger partial charge in [-0.15, -0.1) is 0 Å². The Bertz CT molecular complexity index is 3300. The highest BCUT2D eigenvalue weighted by atomic mass is 15.1. The Morgan fingerprint density at radius 2 is 0.645 bits per heavy atom. The molecular formula is C60H42N2. The molecule has 11 rings (SSSR count). The summed E-state index contributed by atoms with van der Waals surface area (Å²) in [6, 6.07) is 92.0. The number of nitrogens with zero attached hydrogens (tertiary/aromatic N) is 2. The molecule has 0 amide bonds. The molecule has 1 heterocycles. The van der Waals surface area contributed by atoms with E-state index in [1.165, 1.54) is 71.9 Å². The van der Waals surface area contributed by atoms with Gasteiger partial charge in [-0.3, -0.25) is 0 Å². The number of hydrogen-bond acceptors (Lipinski definition) is 1. The van der Waals surface area contributed by atoms with Crippen LogP contribution in [0.1, 0.15) is 0 Å². The minimum Gasteiger partial charge on any atom is -0.310 e. The third kappa shape index (κ3) is 6.84. The van der Waals surface area contributed by atoms with Gasteiger partial charge < -0.3 is 9.47 Å². The van der Waals surface area contributed by atoms with Gasteiger partial charge in [0.1, 0.15) is 0 Å². The van der Waals surface area contributed by atoms with E-state index < -0.39 is 0 Å². The highest BCUT2D eigenvalue weighted by Gasteiger charge is 2.19. The fourth-order valence-corrected chi connectivity index (χ4v) is 9.05. The van der Waals surface area contributed by atoms with Crippen LogP contribution in [0.5, 0.6) is 0 Å². The first kappa shape index (κ1) is 36.8. The predicted molar refractivity (Wildman–Crippen MR) is 263 cm³/mol. The van der Waals surface area contributed by atoms with Gasteiger partial charge in [-0.25, -0.2) is 0 Å². The third-order valence-electron chi connectivity index (χ3n) is 12.0. The monoisotopic (exact) mass is 790 g/mol. The highest BCUT2D eigenvalue weighted by molar-refractivity contribution is 6.10. The van der Waals surface area contributed by atoms with Crippen molar-refractivity contribution in [1.82, 2.24) is 4.57 Å². The molecule has 62 heavy (non-hydrogen) atoms. The van der Waals surface area contributed by atoms with Crippen molar-refractivity contribution in [3.8, 4) is 61.3 Å². The van der Waals surface area contributed by atoms with Gasteiger partial charge in [-0.05, 0) is 110 Å². The summed E-state index contributed by atoms with van der Waals surface area (Å²) in [4.78, 5) is 2.39. The molecule has 0 aliphatic heterocycles. The van der Waals surface area contributed by atoms with E-state index in [-0.39, 0.29) is 0 Å². The molecule has 2 heteroatoms. The highest BCUT2D eigenvalue weighted by Crippen LogP contribution is 2.43. The molecule has 0 fully saturated rings. The summed E-state index contributed by atoms with van der Waals surface area (Å²) in [5.74, 6) is 0. The molecule has 0 aliphatic carbocycles. The smallest absolute Gasteiger partial charge is 0.0561 e.